The van der Waals surface area contributed by atoms with Crippen molar-refractivity contribution in [1.29, 1.82) is 0 Å². The van der Waals surface area contributed by atoms with Gasteiger partial charge >= 0.3 is 0 Å². The smallest absolute Gasteiger partial charge is 0.253 e. The summed E-state index contributed by atoms with van der Waals surface area (Å²) in [4.78, 5) is 14.0. The van der Waals surface area contributed by atoms with Crippen LogP contribution in [-0.4, -0.2) is 37.3 Å². The number of carbonyl (C=O) groups is 1. The van der Waals surface area contributed by atoms with Crippen molar-refractivity contribution in [3.8, 4) is 0 Å². The number of amides is 1. The Balaban J connectivity index is 3.13. The quantitative estimate of drug-likeness (QED) is 0.648. The van der Waals surface area contributed by atoms with Crippen molar-refractivity contribution in [2.75, 3.05) is 36.9 Å². The molecule has 5 nitrogen and oxygen atoms in total. The number of nitrogens with one attached hydrogen (secondary N) is 1. The van der Waals surface area contributed by atoms with E-state index in [1.54, 1.807) is 18.2 Å². The molecule has 106 valence electrons. The molecule has 1 aromatic rings. The van der Waals surface area contributed by atoms with Gasteiger partial charge in [-0.15, -0.1) is 0 Å². The second-order valence-corrected chi connectivity index (χ2v) is 4.35. The third-order valence-corrected chi connectivity index (χ3v) is 2.81. The maximum Gasteiger partial charge on any atom is 0.253 e. The Hall–Kier alpha value is -1.75. The van der Waals surface area contributed by atoms with Crippen molar-refractivity contribution >= 4 is 17.3 Å². The Labute approximate surface area is 114 Å². The second-order valence-electron chi connectivity index (χ2n) is 4.35. The summed E-state index contributed by atoms with van der Waals surface area (Å²) >= 11 is 0. The van der Waals surface area contributed by atoms with E-state index in [2.05, 4.69) is 12.2 Å². The zero-order valence-electron chi connectivity index (χ0n) is 11.6. The zero-order chi connectivity index (χ0) is 14.3. The normalized spacial score (nSPS) is 10.3. The molecule has 0 aliphatic rings. The maximum atomic E-state index is 12.0. The van der Waals surface area contributed by atoms with Gasteiger partial charge in [-0.3, -0.25) is 4.79 Å². The fourth-order valence-corrected chi connectivity index (χ4v) is 2.00. The van der Waals surface area contributed by atoms with Crippen LogP contribution in [0.5, 0.6) is 0 Å². The predicted molar refractivity (Wildman–Crippen MR) is 78.5 cm³/mol. The molecule has 1 aromatic carbocycles. The number of benzene rings is 1. The van der Waals surface area contributed by atoms with Crippen LogP contribution < -0.4 is 16.0 Å². The van der Waals surface area contributed by atoms with E-state index in [4.69, 9.17) is 10.8 Å². The lowest BCUT2D eigenvalue weighted by Gasteiger charge is -2.26. The molecule has 0 fully saturated rings. The number of rotatable bonds is 7. The molecule has 5 heteroatoms. The van der Waals surface area contributed by atoms with Crippen LogP contribution in [-0.2, 0) is 0 Å². The van der Waals surface area contributed by atoms with Crippen LogP contribution >= 0.6 is 0 Å². The van der Waals surface area contributed by atoms with Gasteiger partial charge in [-0.05, 0) is 31.5 Å². The van der Waals surface area contributed by atoms with E-state index in [-0.39, 0.29) is 12.5 Å². The molecular weight excluding hydrogens is 242 g/mol. The molecule has 0 unspecified atom stereocenters. The fraction of sp³-hybridized carbons (Fsp3) is 0.500. The van der Waals surface area contributed by atoms with Crippen LogP contribution in [0.15, 0.2) is 18.2 Å². The summed E-state index contributed by atoms with van der Waals surface area (Å²) in [7, 11) is 0. The van der Waals surface area contributed by atoms with Crippen LogP contribution in [0.4, 0.5) is 11.4 Å². The van der Waals surface area contributed by atoms with E-state index >= 15 is 0 Å². The Morgan fingerprint density at radius 2 is 2.11 bits per heavy atom. The highest BCUT2D eigenvalue weighted by molar-refractivity contribution is 6.00. The number of hydrogen-bond donors (Lipinski definition) is 3. The molecule has 0 radical (unpaired) electrons. The van der Waals surface area contributed by atoms with E-state index in [1.807, 2.05) is 11.8 Å². The topological polar surface area (TPSA) is 78.6 Å². The van der Waals surface area contributed by atoms with E-state index in [1.165, 1.54) is 0 Å². The van der Waals surface area contributed by atoms with Crippen LogP contribution in [0.2, 0.25) is 0 Å². The molecule has 0 atom stereocenters. The molecule has 0 bridgehead atoms. The molecular formula is C14H23N3O2. The summed E-state index contributed by atoms with van der Waals surface area (Å²) in [5.74, 6) is -0.114. The van der Waals surface area contributed by atoms with E-state index in [0.717, 1.165) is 18.7 Å². The molecule has 0 aliphatic heterocycles. The van der Waals surface area contributed by atoms with Crippen molar-refractivity contribution in [2.45, 2.75) is 20.3 Å². The van der Waals surface area contributed by atoms with Crippen molar-refractivity contribution < 1.29 is 9.90 Å². The molecule has 0 spiro atoms. The second kappa shape index (κ2) is 7.63. The van der Waals surface area contributed by atoms with Crippen LogP contribution in [0.25, 0.3) is 0 Å². The highest BCUT2D eigenvalue weighted by Gasteiger charge is 2.15. The number of aliphatic hydroxyl groups is 1. The molecule has 0 aliphatic carbocycles. The third-order valence-electron chi connectivity index (χ3n) is 2.81. The van der Waals surface area contributed by atoms with Gasteiger partial charge in [-0.2, -0.15) is 0 Å². The van der Waals surface area contributed by atoms with E-state index in [0.29, 0.717) is 24.3 Å². The average molecular weight is 265 g/mol. The molecule has 0 saturated carbocycles. The Kier molecular flexibility index (Phi) is 6.15. The first-order valence-corrected chi connectivity index (χ1v) is 6.67. The fourth-order valence-electron chi connectivity index (χ4n) is 2.00. The van der Waals surface area contributed by atoms with Gasteiger partial charge in [0.2, 0.25) is 0 Å². The minimum atomic E-state index is -0.114. The summed E-state index contributed by atoms with van der Waals surface area (Å²) in [5.41, 5.74) is 7.80. The summed E-state index contributed by atoms with van der Waals surface area (Å²) in [6, 6.07) is 5.24. The lowest BCUT2D eigenvalue weighted by molar-refractivity contribution is 0.0956. The molecule has 19 heavy (non-hydrogen) atoms. The number of nitrogens with zero attached hydrogens (tertiary/aromatic N) is 1. The average Bonchev–Trinajstić information content (AvgIpc) is 2.38. The summed E-state index contributed by atoms with van der Waals surface area (Å²) in [5, 5.41) is 11.9. The van der Waals surface area contributed by atoms with Crippen molar-refractivity contribution in [3.05, 3.63) is 23.8 Å². The standard InChI is InChI=1S/C14H23N3O2/c1-3-7-17(8-9-18)13-10-11(15)5-6-12(13)14(19)16-4-2/h5-6,10,18H,3-4,7-9,15H2,1-2H3,(H,16,19). The summed E-state index contributed by atoms with van der Waals surface area (Å²) < 4.78 is 0. The van der Waals surface area contributed by atoms with Gasteiger partial charge in [0.1, 0.15) is 0 Å². The Morgan fingerprint density at radius 1 is 1.37 bits per heavy atom. The maximum absolute atomic E-state index is 12.0. The Morgan fingerprint density at radius 3 is 2.68 bits per heavy atom. The van der Waals surface area contributed by atoms with Gasteiger partial charge in [0.05, 0.1) is 17.9 Å². The minimum Gasteiger partial charge on any atom is -0.399 e. The molecule has 4 N–H and O–H groups in total. The number of nitrogen functional groups attached to an aromatic ring is 1. The number of anilines is 2. The molecule has 0 aromatic heterocycles. The first kappa shape index (κ1) is 15.3. The van der Waals surface area contributed by atoms with Crippen molar-refractivity contribution in [3.63, 3.8) is 0 Å². The number of carbonyl (C=O) groups excluding carboxylic acids is 1. The summed E-state index contributed by atoms with van der Waals surface area (Å²) in [6.07, 6.45) is 0.934. The molecule has 0 heterocycles. The van der Waals surface area contributed by atoms with Crippen LogP contribution in [0, 0.1) is 0 Å². The highest BCUT2D eigenvalue weighted by atomic mass is 16.3. The Bertz CT molecular complexity index is 415. The van der Waals surface area contributed by atoms with Gasteiger partial charge < -0.3 is 21.1 Å². The van der Waals surface area contributed by atoms with E-state index < -0.39 is 0 Å². The molecule has 0 saturated heterocycles. The lowest BCUT2D eigenvalue weighted by Crippen LogP contribution is -2.31. The third kappa shape index (κ3) is 4.13. The van der Waals surface area contributed by atoms with Gasteiger partial charge in [0.15, 0.2) is 0 Å². The lowest BCUT2D eigenvalue weighted by atomic mass is 10.1. The predicted octanol–water partition coefficient (Wildman–Crippen LogP) is 1.23. The van der Waals surface area contributed by atoms with Crippen LogP contribution in [0.1, 0.15) is 30.6 Å². The van der Waals surface area contributed by atoms with Gasteiger partial charge in [-0.1, -0.05) is 6.92 Å². The SMILES string of the molecule is CCCN(CCO)c1cc(N)ccc1C(=O)NCC. The van der Waals surface area contributed by atoms with Crippen molar-refractivity contribution in [2.24, 2.45) is 0 Å². The van der Waals surface area contributed by atoms with Gasteiger partial charge in [0, 0.05) is 25.3 Å². The molecule has 1 amide bonds. The number of nitrogens with two attached hydrogens (primary N) is 1. The first-order chi connectivity index (χ1) is 9.13. The monoisotopic (exact) mass is 265 g/mol. The number of hydrogen-bond acceptors (Lipinski definition) is 4. The number of aliphatic hydroxyl groups excluding tert-OH is 1. The zero-order valence-corrected chi connectivity index (χ0v) is 11.6. The first-order valence-electron chi connectivity index (χ1n) is 6.67. The van der Waals surface area contributed by atoms with Crippen molar-refractivity contribution in [1.82, 2.24) is 5.32 Å². The van der Waals surface area contributed by atoms with E-state index in [9.17, 15) is 4.79 Å². The van der Waals surface area contributed by atoms with Gasteiger partial charge in [-0.25, -0.2) is 0 Å². The minimum absolute atomic E-state index is 0.0453. The van der Waals surface area contributed by atoms with Crippen LogP contribution in [0.3, 0.4) is 0 Å². The highest BCUT2D eigenvalue weighted by Crippen LogP contribution is 2.24. The summed E-state index contributed by atoms with van der Waals surface area (Å²) in [6.45, 7) is 5.83. The van der Waals surface area contributed by atoms with Gasteiger partial charge in [0.25, 0.3) is 5.91 Å². The molecule has 1 rings (SSSR count). The largest absolute Gasteiger partial charge is 0.399 e.